The third kappa shape index (κ3) is 3.40. The van der Waals surface area contributed by atoms with Crippen LogP contribution in [0.4, 0.5) is 0 Å². The average Bonchev–Trinajstić information content (AvgIpc) is 2.95. The second kappa shape index (κ2) is 7.09. The van der Waals surface area contributed by atoms with E-state index in [1.807, 2.05) is 48.8 Å². The van der Waals surface area contributed by atoms with Gasteiger partial charge in [0.1, 0.15) is 5.75 Å². The summed E-state index contributed by atoms with van der Waals surface area (Å²) in [5, 5.41) is -0.108. The predicted molar refractivity (Wildman–Crippen MR) is 93.4 cm³/mol. The first-order chi connectivity index (χ1) is 10.8. The Balaban J connectivity index is 1.93. The number of aryl methyl sites for hydroxylation is 1. The van der Waals surface area contributed by atoms with Gasteiger partial charge in [0.05, 0.1) is 16.1 Å². The molecule has 1 aromatic heterocycles. The highest BCUT2D eigenvalue weighted by atomic mass is 32.2. The van der Waals surface area contributed by atoms with Crippen molar-refractivity contribution < 1.29 is 4.55 Å². The van der Waals surface area contributed by atoms with Gasteiger partial charge in [0.15, 0.2) is 5.25 Å². The van der Waals surface area contributed by atoms with Crippen LogP contribution in [0.15, 0.2) is 66.2 Å². The minimum Gasteiger partial charge on any atom is -0.615 e. The molecule has 0 saturated carbocycles. The molecule has 0 aliphatic heterocycles. The van der Waals surface area contributed by atoms with E-state index in [1.54, 1.807) is 11.3 Å². The van der Waals surface area contributed by atoms with Crippen LogP contribution >= 0.6 is 11.3 Å². The minimum atomic E-state index is -1.03. The van der Waals surface area contributed by atoms with Crippen molar-refractivity contribution in [2.24, 2.45) is 0 Å². The fourth-order valence-corrected chi connectivity index (χ4v) is 5.17. The van der Waals surface area contributed by atoms with E-state index in [0.717, 1.165) is 21.7 Å². The van der Waals surface area contributed by atoms with Crippen LogP contribution in [0.2, 0.25) is 0 Å². The number of aromatic nitrogens is 1. The number of nitrogens with zero attached hydrogens (tertiary/aromatic N) is 1. The zero-order valence-electron chi connectivity index (χ0n) is 12.3. The maximum absolute atomic E-state index is 13.1. The Bertz CT molecular complexity index is 673. The first kappa shape index (κ1) is 15.3. The topological polar surface area (TPSA) is 36.0 Å². The van der Waals surface area contributed by atoms with E-state index in [1.165, 1.54) is 0 Å². The minimum absolute atomic E-state index is 0.108. The molecule has 1 unspecified atom stereocenters. The summed E-state index contributed by atoms with van der Waals surface area (Å²) in [6.07, 6.45) is 0. The molecule has 22 heavy (non-hydrogen) atoms. The SMILES string of the molecule is Cc1ncsc1C[S+]([O-])C(c1ccccc1)c1ccccc1. The van der Waals surface area contributed by atoms with Gasteiger partial charge in [0, 0.05) is 11.1 Å². The summed E-state index contributed by atoms with van der Waals surface area (Å²) in [5.41, 5.74) is 4.99. The molecular weight excluding hydrogens is 310 g/mol. The second-order valence-electron chi connectivity index (χ2n) is 5.09. The summed E-state index contributed by atoms with van der Waals surface area (Å²) in [4.78, 5) is 5.37. The van der Waals surface area contributed by atoms with Gasteiger partial charge in [0.25, 0.3) is 0 Å². The number of benzene rings is 2. The van der Waals surface area contributed by atoms with E-state index < -0.39 is 11.2 Å². The highest BCUT2D eigenvalue weighted by Gasteiger charge is 2.27. The number of hydrogen-bond acceptors (Lipinski definition) is 3. The Hall–Kier alpha value is -1.62. The zero-order chi connectivity index (χ0) is 15.4. The molecule has 1 heterocycles. The summed E-state index contributed by atoms with van der Waals surface area (Å²) in [6, 6.07) is 20.2. The van der Waals surface area contributed by atoms with E-state index in [2.05, 4.69) is 29.2 Å². The lowest BCUT2D eigenvalue weighted by molar-refractivity contribution is 0.587. The van der Waals surface area contributed by atoms with Crippen molar-refractivity contribution in [3.63, 3.8) is 0 Å². The van der Waals surface area contributed by atoms with E-state index in [4.69, 9.17) is 0 Å². The summed E-state index contributed by atoms with van der Waals surface area (Å²) >= 11 is 0.552. The largest absolute Gasteiger partial charge is 0.615 e. The van der Waals surface area contributed by atoms with Crippen LogP contribution in [0.1, 0.15) is 26.9 Å². The van der Waals surface area contributed by atoms with Crippen molar-refractivity contribution in [1.82, 2.24) is 4.98 Å². The molecule has 0 aliphatic rings. The van der Waals surface area contributed by atoms with Crippen LogP contribution in [-0.4, -0.2) is 9.54 Å². The highest BCUT2D eigenvalue weighted by molar-refractivity contribution is 7.91. The molecule has 112 valence electrons. The maximum atomic E-state index is 13.1. The molecule has 0 radical (unpaired) electrons. The monoisotopic (exact) mass is 327 g/mol. The smallest absolute Gasteiger partial charge is 0.166 e. The maximum Gasteiger partial charge on any atom is 0.166 e. The van der Waals surface area contributed by atoms with Crippen molar-refractivity contribution in [3.05, 3.63) is 87.9 Å². The third-order valence-electron chi connectivity index (χ3n) is 3.59. The quantitative estimate of drug-likeness (QED) is 0.647. The van der Waals surface area contributed by atoms with E-state index in [9.17, 15) is 4.55 Å². The van der Waals surface area contributed by atoms with E-state index in [0.29, 0.717) is 5.75 Å². The lowest BCUT2D eigenvalue weighted by atomic mass is 10.0. The van der Waals surface area contributed by atoms with Crippen molar-refractivity contribution in [3.8, 4) is 0 Å². The number of rotatable bonds is 5. The third-order valence-corrected chi connectivity index (χ3v) is 6.35. The fraction of sp³-hybridized carbons (Fsp3) is 0.167. The van der Waals surface area contributed by atoms with Crippen molar-refractivity contribution in [2.75, 3.05) is 0 Å². The normalized spacial score (nSPS) is 12.5. The Morgan fingerprint density at radius 2 is 1.55 bits per heavy atom. The van der Waals surface area contributed by atoms with Crippen molar-refractivity contribution >= 4 is 22.5 Å². The lowest BCUT2D eigenvalue weighted by Crippen LogP contribution is -2.17. The molecule has 3 aromatic rings. The zero-order valence-corrected chi connectivity index (χ0v) is 13.9. The van der Waals surface area contributed by atoms with Gasteiger partial charge in [-0.25, -0.2) is 4.98 Å². The Labute approximate surface area is 138 Å². The van der Waals surface area contributed by atoms with Gasteiger partial charge in [-0.2, -0.15) is 0 Å². The summed E-state index contributed by atoms with van der Waals surface area (Å²) < 4.78 is 13.1. The predicted octanol–water partition coefficient (Wildman–Crippen LogP) is 4.49. The molecule has 2 nitrogen and oxygen atoms in total. The highest BCUT2D eigenvalue weighted by Crippen LogP contribution is 2.33. The molecular formula is C18H17NOS2. The standard InChI is InChI=1S/C18H17NOS2/c1-14-17(21-13-19-14)12-22(20)18(15-8-4-2-5-9-15)16-10-6-3-7-11-16/h2-11,13,18H,12H2,1H3. The van der Waals surface area contributed by atoms with Crippen LogP contribution < -0.4 is 0 Å². The molecule has 3 rings (SSSR count). The van der Waals surface area contributed by atoms with E-state index in [-0.39, 0.29) is 5.25 Å². The Morgan fingerprint density at radius 3 is 2.00 bits per heavy atom. The molecule has 2 aromatic carbocycles. The lowest BCUT2D eigenvalue weighted by Gasteiger charge is -2.22. The van der Waals surface area contributed by atoms with Gasteiger partial charge in [-0.1, -0.05) is 60.7 Å². The van der Waals surface area contributed by atoms with E-state index >= 15 is 0 Å². The van der Waals surface area contributed by atoms with Gasteiger partial charge in [-0.05, 0) is 18.1 Å². The van der Waals surface area contributed by atoms with Crippen LogP contribution in [0.3, 0.4) is 0 Å². The van der Waals surface area contributed by atoms with Gasteiger partial charge < -0.3 is 4.55 Å². The molecule has 0 saturated heterocycles. The van der Waals surface area contributed by atoms with Crippen molar-refractivity contribution in [2.45, 2.75) is 17.9 Å². The first-order valence-electron chi connectivity index (χ1n) is 7.11. The Kier molecular flexibility index (Phi) is 4.93. The van der Waals surface area contributed by atoms with Crippen molar-refractivity contribution in [1.29, 1.82) is 0 Å². The van der Waals surface area contributed by atoms with Gasteiger partial charge in [-0.15, -0.1) is 11.3 Å². The molecule has 0 N–H and O–H groups in total. The van der Waals surface area contributed by atoms with Crippen LogP contribution in [0, 0.1) is 6.92 Å². The molecule has 0 bridgehead atoms. The molecule has 1 atom stereocenters. The molecule has 0 aliphatic carbocycles. The van der Waals surface area contributed by atoms with Crippen LogP contribution in [-0.2, 0) is 16.9 Å². The summed E-state index contributed by atoms with van der Waals surface area (Å²) in [7, 11) is 0. The number of hydrogen-bond donors (Lipinski definition) is 0. The van der Waals surface area contributed by atoms with Crippen LogP contribution in [0.5, 0.6) is 0 Å². The molecule has 0 amide bonds. The molecule has 0 fully saturated rings. The molecule has 4 heteroatoms. The molecule has 0 spiro atoms. The second-order valence-corrected chi connectivity index (χ2v) is 7.55. The summed E-state index contributed by atoms with van der Waals surface area (Å²) in [6.45, 7) is 1.98. The fourth-order valence-electron chi connectivity index (χ4n) is 2.43. The number of thiazole rings is 1. The van der Waals surface area contributed by atoms with Gasteiger partial charge in [-0.3, -0.25) is 0 Å². The van der Waals surface area contributed by atoms with Gasteiger partial charge in [0.2, 0.25) is 0 Å². The van der Waals surface area contributed by atoms with Gasteiger partial charge >= 0.3 is 0 Å². The van der Waals surface area contributed by atoms with Crippen LogP contribution in [0.25, 0.3) is 0 Å². The first-order valence-corrected chi connectivity index (χ1v) is 9.38. The average molecular weight is 327 g/mol. The Morgan fingerprint density at radius 1 is 1.00 bits per heavy atom. The summed E-state index contributed by atoms with van der Waals surface area (Å²) in [5.74, 6) is 0.547.